The number of sulfonamides is 1. The smallest absolute Gasteiger partial charge is 0.368 e. The van der Waals surface area contributed by atoms with E-state index >= 15 is 0 Å². The standard InChI is InChI=1S/C23H26F2N2O5S2/c1-26-17(10-6-7-11-24)14-27(16-8-4-3-5-9-16)19-12-21(33-2)20(13-22(19)34(26,30)31)32-15-18(25)23(28)29/h3-5,8-9,12-13,15,17H,6-7,10-11,14H2,1-2H3,(H,28,29)/b18-15-/t17-/m0/s1. The number of thioether (sulfide) groups is 1. The summed E-state index contributed by atoms with van der Waals surface area (Å²) in [6.07, 6.45) is 3.53. The SMILES string of the molecule is CSc1cc2c(cc1O/C=C(\F)C(=O)O)S(=O)(=O)N(C)[C@@H](CCCCF)CN2c1ccccc1. The first-order valence-electron chi connectivity index (χ1n) is 10.5. The van der Waals surface area contributed by atoms with Gasteiger partial charge < -0.3 is 14.7 Å². The molecular weight excluding hydrogens is 486 g/mol. The molecule has 0 aromatic heterocycles. The molecule has 0 bridgehead atoms. The van der Waals surface area contributed by atoms with E-state index in [2.05, 4.69) is 0 Å². The first-order valence-corrected chi connectivity index (χ1v) is 13.2. The van der Waals surface area contributed by atoms with E-state index in [1.54, 1.807) is 12.3 Å². The van der Waals surface area contributed by atoms with Crippen LogP contribution in [0.15, 0.2) is 64.3 Å². The second-order valence-electron chi connectivity index (χ2n) is 7.67. The average Bonchev–Trinajstić information content (AvgIpc) is 2.91. The number of likely N-dealkylation sites (N-methyl/N-ethyl adjacent to an activating group) is 1. The molecule has 1 aliphatic heterocycles. The molecular formula is C23H26F2N2O5S2. The molecule has 0 saturated carbocycles. The molecule has 2 aromatic rings. The van der Waals surface area contributed by atoms with Gasteiger partial charge in [-0.1, -0.05) is 18.2 Å². The number of halogens is 2. The highest BCUT2D eigenvalue weighted by Gasteiger charge is 2.37. The van der Waals surface area contributed by atoms with Gasteiger partial charge in [-0.15, -0.1) is 11.8 Å². The number of carboxylic acids is 1. The maximum Gasteiger partial charge on any atom is 0.368 e. The highest BCUT2D eigenvalue weighted by molar-refractivity contribution is 7.98. The molecule has 11 heteroatoms. The zero-order valence-electron chi connectivity index (χ0n) is 18.8. The molecule has 0 amide bonds. The molecule has 0 unspecified atom stereocenters. The predicted molar refractivity (Wildman–Crippen MR) is 128 cm³/mol. The van der Waals surface area contributed by atoms with Gasteiger partial charge in [-0.25, -0.2) is 13.2 Å². The normalized spacial score (nSPS) is 18.3. The minimum absolute atomic E-state index is 0.0171. The molecule has 1 aliphatic rings. The Balaban J connectivity index is 2.18. The Hall–Kier alpha value is -2.63. The molecule has 1 N–H and O–H groups in total. The lowest BCUT2D eigenvalue weighted by Gasteiger charge is -2.29. The summed E-state index contributed by atoms with van der Waals surface area (Å²) in [7, 11) is -2.52. The van der Waals surface area contributed by atoms with Crippen LogP contribution >= 0.6 is 11.8 Å². The third kappa shape index (κ3) is 5.53. The zero-order valence-corrected chi connectivity index (χ0v) is 20.4. The third-order valence-corrected chi connectivity index (χ3v) is 8.28. The maximum absolute atomic E-state index is 13.6. The van der Waals surface area contributed by atoms with Crippen LogP contribution in [0.4, 0.5) is 20.2 Å². The van der Waals surface area contributed by atoms with Gasteiger partial charge in [0.05, 0.1) is 17.3 Å². The van der Waals surface area contributed by atoms with Gasteiger partial charge in [-0.3, -0.25) is 4.39 Å². The summed E-state index contributed by atoms with van der Waals surface area (Å²) in [5.41, 5.74) is 1.20. The van der Waals surface area contributed by atoms with Gasteiger partial charge in [0.25, 0.3) is 0 Å². The molecule has 1 atom stereocenters. The van der Waals surface area contributed by atoms with Gasteiger partial charge in [0.2, 0.25) is 15.9 Å². The fourth-order valence-corrected chi connectivity index (χ4v) is 5.84. The van der Waals surface area contributed by atoms with Gasteiger partial charge in [-0.05, 0) is 43.7 Å². The van der Waals surface area contributed by atoms with Crippen LogP contribution in [0.2, 0.25) is 0 Å². The summed E-state index contributed by atoms with van der Waals surface area (Å²) in [5.74, 6) is -3.29. The molecule has 0 spiro atoms. The molecule has 1 heterocycles. The fraction of sp³-hybridized carbons (Fsp3) is 0.348. The van der Waals surface area contributed by atoms with Gasteiger partial charge in [0.15, 0.2) is 0 Å². The molecule has 7 nitrogen and oxygen atoms in total. The third-order valence-electron chi connectivity index (χ3n) is 5.58. The van der Waals surface area contributed by atoms with E-state index in [-0.39, 0.29) is 10.6 Å². The van der Waals surface area contributed by atoms with E-state index < -0.39 is 34.5 Å². The Morgan fingerprint density at radius 2 is 1.97 bits per heavy atom. The summed E-state index contributed by atoms with van der Waals surface area (Å²) in [5, 5.41) is 8.75. The van der Waals surface area contributed by atoms with Gasteiger partial charge in [-0.2, -0.15) is 8.70 Å². The number of carboxylic acid groups (broad SMARTS) is 1. The average molecular weight is 513 g/mol. The number of alkyl halides is 1. The maximum atomic E-state index is 13.6. The Labute approximate surface area is 202 Å². The van der Waals surface area contributed by atoms with Crippen molar-refractivity contribution in [2.24, 2.45) is 0 Å². The van der Waals surface area contributed by atoms with Crippen LogP contribution in [0.5, 0.6) is 5.75 Å². The van der Waals surface area contributed by atoms with Crippen LogP contribution in [-0.2, 0) is 14.8 Å². The first-order chi connectivity index (χ1) is 16.2. The minimum Gasteiger partial charge on any atom is -0.476 e. The van der Waals surface area contributed by atoms with E-state index in [1.165, 1.54) is 29.2 Å². The minimum atomic E-state index is -4.01. The van der Waals surface area contributed by atoms with E-state index in [0.717, 1.165) is 5.69 Å². The highest BCUT2D eigenvalue weighted by atomic mass is 32.2. The van der Waals surface area contributed by atoms with E-state index in [4.69, 9.17) is 9.84 Å². The van der Waals surface area contributed by atoms with E-state index in [1.807, 2.05) is 35.2 Å². The van der Waals surface area contributed by atoms with Gasteiger partial charge in [0, 0.05) is 31.4 Å². The first kappa shape index (κ1) is 26.0. The number of hydrogen-bond acceptors (Lipinski definition) is 6. The number of para-hydroxylation sites is 1. The summed E-state index contributed by atoms with van der Waals surface area (Å²) in [4.78, 5) is 13.1. The Morgan fingerprint density at radius 3 is 2.59 bits per heavy atom. The van der Waals surface area contributed by atoms with Crippen LogP contribution < -0.4 is 9.64 Å². The van der Waals surface area contributed by atoms with Gasteiger partial charge in [0.1, 0.15) is 16.9 Å². The summed E-state index contributed by atoms with van der Waals surface area (Å²) in [6.45, 7) is -0.120. The van der Waals surface area contributed by atoms with Crippen molar-refractivity contribution in [1.82, 2.24) is 4.31 Å². The van der Waals surface area contributed by atoms with Crippen LogP contribution in [0, 0.1) is 0 Å². The van der Waals surface area contributed by atoms with Crippen molar-refractivity contribution in [2.45, 2.75) is 35.1 Å². The predicted octanol–water partition coefficient (Wildman–Crippen LogP) is 4.96. The van der Waals surface area contributed by atoms with Crippen molar-refractivity contribution in [2.75, 3.05) is 31.4 Å². The number of benzene rings is 2. The second-order valence-corrected chi connectivity index (χ2v) is 10.5. The lowest BCUT2D eigenvalue weighted by Crippen LogP contribution is -2.40. The zero-order chi connectivity index (χ0) is 24.9. The van der Waals surface area contributed by atoms with Crippen LogP contribution in [0.3, 0.4) is 0 Å². The number of nitrogens with zero attached hydrogens (tertiary/aromatic N) is 2. The molecule has 3 rings (SSSR count). The summed E-state index contributed by atoms with van der Waals surface area (Å²) >= 11 is 1.25. The van der Waals surface area contributed by atoms with Crippen LogP contribution in [0.25, 0.3) is 0 Å². The van der Waals surface area contributed by atoms with Crippen LogP contribution in [-0.4, -0.2) is 56.4 Å². The highest BCUT2D eigenvalue weighted by Crippen LogP contribution is 2.43. The number of carbonyl (C=O) groups is 1. The number of rotatable bonds is 9. The number of unbranched alkanes of at least 4 members (excludes halogenated alkanes) is 1. The van der Waals surface area contributed by atoms with Crippen molar-refractivity contribution in [3.63, 3.8) is 0 Å². The number of fused-ring (bicyclic) bond motifs is 1. The van der Waals surface area contributed by atoms with Crippen molar-refractivity contribution in [3.8, 4) is 5.75 Å². The van der Waals surface area contributed by atoms with E-state index in [9.17, 15) is 22.0 Å². The Kier molecular flexibility index (Phi) is 8.56. The van der Waals surface area contributed by atoms with Crippen molar-refractivity contribution >= 4 is 39.1 Å². The molecule has 34 heavy (non-hydrogen) atoms. The van der Waals surface area contributed by atoms with Crippen molar-refractivity contribution < 1.29 is 31.8 Å². The molecule has 0 fully saturated rings. The topological polar surface area (TPSA) is 87.1 Å². The molecule has 0 aliphatic carbocycles. The Morgan fingerprint density at radius 1 is 1.26 bits per heavy atom. The lowest BCUT2D eigenvalue weighted by molar-refractivity contribution is -0.134. The van der Waals surface area contributed by atoms with E-state index in [0.29, 0.717) is 42.7 Å². The van der Waals surface area contributed by atoms with Crippen LogP contribution in [0.1, 0.15) is 19.3 Å². The number of ether oxygens (including phenoxy) is 1. The number of hydrogen-bond donors (Lipinski definition) is 1. The molecule has 0 radical (unpaired) electrons. The monoisotopic (exact) mass is 512 g/mol. The van der Waals surface area contributed by atoms with Crippen molar-refractivity contribution in [1.29, 1.82) is 0 Å². The largest absolute Gasteiger partial charge is 0.476 e. The molecule has 2 aromatic carbocycles. The quantitative estimate of drug-likeness (QED) is 0.220. The van der Waals surface area contributed by atoms with Crippen molar-refractivity contribution in [3.05, 3.63) is 54.6 Å². The number of aliphatic carboxylic acids is 1. The summed E-state index contributed by atoms with van der Waals surface area (Å²) in [6, 6.07) is 11.8. The second kappa shape index (κ2) is 11.2. The lowest BCUT2D eigenvalue weighted by atomic mass is 10.1. The fourth-order valence-electron chi connectivity index (χ4n) is 3.74. The number of anilines is 2. The molecule has 0 saturated heterocycles. The molecule has 184 valence electrons. The summed E-state index contributed by atoms with van der Waals surface area (Å²) < 4.78 is 60.0. The van der Waals surface area contributed by atoms with Gasteiger partial charge >= 0.3 is 5.97 Å². The Bertz CT molecular complexity index is 1160.